The molecular formula is C20H25N3O5S3. The maximum Gasteiger partial charge on any atom is 0.266 e. The zero-order chi connectivity index (χ0) is 22.1. The van der Waals surface area contributed by atoms with Crippen LogP contribution in [-0.4, -0.2) is 62.8 Å². The molecule has 31 heavy (non-hydrogen) atoms. The van der Waals surface area contributed by atoms with Crippen LogP contribution in [-0.2, 0) is 24.7 Å². The lowest BCUT2D eigenvalue weighted by Crippen LogP contribution is -2.51. The number of carbonyl (C=O) groups is 1. The summed E-state index contributed by atoms with van der Waals surface area (Å²) in [6, 6.07) is 7.49. The molecule has 2 heterocycles. The van der Waals surface area contributed by atoms with Gasteiger partial charge in [-0.25, -0.2) is 26.1 Å². The Kier molecular flexibility index (Phi) is 6.36. The van der Waals surface area contributed by atoms with E-state index in [1.54, 1.807) is 28.5 Å². The lowest BCUT2D eigenvalue weighted by molar-refractivity contribution is -0.133. The first-order valence-corrected chi connectivity index (χ1v) is 14.4. The van der Waals surface area contributed by atoms with Gasteiger partial charge in [0.2, 0.25) is 5.91 Å². The molecule has 1 aliphatic carbocycles. The second kappa shape index (κ2) is 8.87. The van der Waals surface area contributed by atoms with E-state index in [1.807, 2.05) is 0 Å². The third-order valence-corrected chi connectivity index (χ3v) is 10.3. The summed E-state index contributed by atoms with van der Waals surface area (Å²) in [6.07, 6.45) is 5.47. The number of sulfone groups is 1. The van der Waals surface area contributed by atoms with Gasteiger partial charge in [0.15, 0.2) is 15.0 Å². The van der Waals surface area contributed by atoms with Crippen molar-refractivity contribution in [2.45, 2.75) is 49.1 Å². The number of thiazole rings is 1. The van der Waals surface area contributed by atoms with E-state index in [0.29, 0.717) is 6.42 Å². The standard InChI is InChI=1S/C20H25N3O5S3/c24-19(23(16-6-4-5-7-16)17-10-13-30(25,26)15-17)14-22(20-21-11-12-29-20)31(27,28)18-8-2-1-3-9-18/h1-3,8-9,11-12,16-17H,4-7,10,13-15H2/t17-/m0/s1. The van der Waals surface area contributed by atoms with Crippen LogP contribution in [0.3, 0.4) is 0 Å². The topological polar surface area (TPSA) is 105 Å². The molecule has 1 amide bonds. The van der Waals surface area contributed by atoms with Crippen LogP contribution in [0.5, 0.6) is 0 Å². The molecule has 2 fully saturated rings. The first-order chi connectivity index (χ1) is 14.8. The van der Waals surface area contributed by atoms with E-state index >= 15 is 0 Å². The third-order valence-electron chi connectivity index (χ3n) is 5.85. The highest BCUT2D eigenvalue weighted by atomic mass is 32.2. The summed E-state index contributed by atoms with van der Waals surface area (Å²) < 4.78 is 51.9. The molecule has 1 atom stereocenters. The molecule has 4 rings (SSSR count). The first kappa shape index (κ1) is 22.2. The van der Waals surface area contributed by atoms with E-state index < -0.39 is 32.4 Å². The van der Waals surface area contributed by atoms with Gasteiger partial charge in [-0.05, 0) is 31.4 Å². The average Bonchev–Trinajstić information content (AvgIpc) is 3.50. The summed E-state index contributed by atoms with van der Waals surface area (Å²) in [5.41, 5.74) is 0. The SMILES string of the molecule is O=C(CN(c1nccs1)S(=O)(=O)c1ccccc1)N(C1CCCC1)[C@H]1CCS(=O)(=O)C1. The molecule has 8 nitrogen and oxygen atoms in total. The Labute approximate surface area is 186 Å². The fraction of sp³-hybridized carbons (Fsp3) is 0.500. The number of hydrogen-bond acceptors (Lipinski definition) is 7. The quantitative estimate of drug-likeness (QED) is 0.598. The lowest BCUT2D eigenvalue weighted by Gasteiger charge is -2.35. The van der Waals surface area contributed by atoms with Crippen molar-refractivity contribution in [3.8, 4) is 0 Å². The van der Waals surface area contributed by atoms with E-state index in [9.17, 15) is 21.6 Å². The van der Waals surface area contributed by atoms with Gasteiger partial charge in [0.25, 0.3) is 10.0 Å². The highest BCUT2D eigenvalue weighted by Crippen LogP contribution is 2.31. The number of benzene rings is 1. The molecule has 11 heteroatoms. The second-order valence-corrected chi connectivity index (χ2v) is 12.9. The van der Waals surface area contributed by atoms with Crippen LogP contribution in [0.4, 0.5) is 5.13 Å². The molecule has 1 aliphatic heterocycles. The number of sulfonamides is 1. The molecule has 1 saturated carbocycles. The maximum absolute atomic E-state index is 13.5. The molecule has 1 aromatic heterocycles. The molecule has 0 N–H and O–H groups in total. The van der Waals surface area contributed by atoms with Gasteiger partial charge in [0.05, 0.1) is 16.4 Å². The minimum atomic E-state index is -4.01. The van der Waals surface area contributed by atoms with Crippen molar-refractivity contribution in [2.75, 3.05) is 22.4 Å². The van der Waals surface area contributed by atoms with Crippen molar-refractivity contribution in [3.05, 3.63) is 41.9 Å². The van der Waals surface area contributed by atoms with E-state index in [4.69, 9.17) is 0 Å². The van der Waals surface area contributed by atoms with Crippen LogP contribution in [0.1, 0.15) is 32.1 Å². The molecule has 2 aromatic rings. The van der Waals surface area contributed by atoms with Gasteiger partial charge in [0.1, 0.15) is 6.54 Å². The Bertz CT molecular complexity index is 1110. The van der Waals surface area contributed by atoms with Crippen LogP contribution in [0.15, 0.2) is 46.8 Å². The van der Waals surface area contributed by atoms with Gasteiger partial charge in [-0.3, -0.25) is 4.79 Å². The molecule has 168 valence electrons. The van der Waals surface area contributed by atoms with Gasteiger partial charge in [-0.15, -0.1) is 11.3 Å². The Hall–Kier alpha value is -1.98. The maximum atomic E-state index is 13.5. The summed E-state index contributed by atoms with van der Waals surface area (Å²) in [4.78, 5) is 19.4. The molecule has 1 aromatic carbocycles. The number of rotatable bonds is 7. The van der Waals surface area contributed by atoms with Crippen molar-refractivity contribution in [3.63, 3.8) is 0 Å². The Morgan fingerprint density at radius 2 is 1.81 bits per heavy atom. The van der Waals surface area contributed by atoms with E-state index in [-0.39, 0.29) is 33.5 Å². The van der Waals surface area contributed by atoms with Crippen molar-refractivity contribution >= 4 is 42.2 Å². The van der Waals surface area contributed by atoms with Gasteiger partial charge in [0, 0.05) is 23.7 Å². The van der Waals surface area contributed by atoms with Crippen LogP contribution >= 0.6 is 11.3 Å². The number of nitrogens with zero attached hydrogens (tertiary/aromatic N) is 3. The van der Waals surface area contributed by atoms with E-state index in [2.05, 4.69) is 4.98 Å². The Balaban J connectivity index is 1.66. The smallest absolute Gasteiger partial charge is 0.266 e. The van der Waals surface area contributed by atoms with Gasteiger partial charge < -0.3 is 4.90 Å². The fourth-order valence-corrected chi connectivity index (χ4v) is 8.37. The third kappa shape index (κ3) is 4.78. The number of aromatic nitrogens is 1. The van der Waals surface area contributed by atoms with Gasteiger partial charge >= 0.3 is 0 Å². The fourth-order valence-electron chi connectivity index (χ4n) is 4.40. The van der Waals surface area contributed by atoms with Crippen molar-refractivity contribution in [2.24, 2.45) is 0 Å². The molecule has 0 bridgehead atoms. The molecular weight excluding hydrogens is 458 g/mol. The van der Waals surface area contributed by atoms with Crippen LogP contribution in [0.2, 0.25) is 0 Å². The molecule has 2 aliphatic rings. The Morgan fingerprint density at radius 3 is 2.39 bits per heavy atom. The average molecular weight is 484 g/mol. The molecule has 1 saturated heterocycles. The van der Waals surface area contributed by atoms with Crippen LogP contribution < -0.4 is 4.31 Å². The second-order valence-electron chi connectivity index (χ2n) is 7.94. The molecule has 0 spiro atoms. The van der Waals surface area contributed by atoms with Gasteiger partial charge in [-0.2, -0.15) is 0 Å². The summed E-state index contributed by atoms with van der Waals surface area (Å²) in [5.74, 6) is -0.367. The number of amides is 1. The number of hydrogen-bond donors (Lipinski definition) is 0. The van der Waals surface area contributed by atoms with Crippen LogP contribution in [0, 0.1) is 0 Å². The predicted molar refractivity (Wildman–Crippen MR) is 119 cm³/mol. The van der Waals surface area contributed by atoms with E-state index in [1.165, 1.54) is 18.3 Å². The number of carbonyl (C=O) groups excluding carboxylic acids is 1. The predicted octanol–water partition coefficient (Wildman–Crippen LogP) is 2.30. The number of anilines is 1. The van der Waals surface area contributed by atoms with Gasteiger partial charge in [-0.1, -0.05) is 31.0 Å². The van der Waals surface area contributed by atoms with Crippen molar-refractivity contribution < 1.29 is 21.6 Å². The molecule has 0 radical (unpaired) electrons. The van der Waals surface area contributed by atoms with E-state index in [0.717, 1.165) is 41.3 Å². The molecule has 0 unspecified atom stereocenters. The Morgan fingerprint density at radius 1 is 1.10 bits per heavy atom. The zero-order valence-electron chi connectivity index (χ0n) is 17.0. The zero-order valence-corrected chi connectivity index (χ0v) is 19.4. The summed E-state index contributed by atoms with van der Waals surface area (Å²) in [5, 5.41) is 1.87. The summed E-state index contributed by atoms with van der Waals surface area (Å²) >= 11 is 1.14. The van der Waals surface area contributed by atoms with Crippen molar-refractivity contribution in [1.29, 1.82) is 0 Å². The highest BCUT2D eigenvalue weighted by Gasteiger charge is 2.40. The largest absolute Gasteiger partial charge is 0.334 e. The highest BCUT2D eigenvalue weighted by molar-refractivity contribution is 7.93. The minimum Gasteiger partial charge on any atom is -0.334 e. The normalized spacial score (nSPS) is 21.2. The summed E-state index contributed by atoms with van der Waals surface area (Å²) in [7, 11) is -7.19. The van der Waals surface area contributed by atoms with Crippen molar-refractivity contribution in [1.82, 2.24) is 9.88 Å². The lowest BCUT2D eigenvalue weighted by atomic mass is 10.1. The summed E-state index contributed by atoms with van der Waals surface area (Å²) in [6.45, 7) is -0.405. The minimum absolute atomic E-state index is 0.0524. The first-order valence-electron chi connectivity index (χ1n) is 10.3. The monoisotopic (exact) mass is 483 g/mol. The van der Waals surface area contributed by atoms with Crippen LogP contribution in [0.25, 0.3) is 0 Å².